The summed E-state index contributed by atoms with van der Waals surface area (Å²) in [6.45, 7) is 8.39. The lowest BCUT2D eigenvalue weighted by Gasteiger charge is -2.30. The molecule has 0 saturated heterocycles. The fraction of sp³-hybridized carbons (Fsp3) is 0.370. The van der Waals surface area contributed by atoms with Gasteiger partial charge in [-0.3, -0.25) is 14.7 Å². The molecule has 1 N–H and O–H groups in total. The van der Waals surface area contributed by atoms with Gasteiger partial charge in [0.25, 0.3) is 5.91 Å². The SMILES string of the molecule is CCCN1CCc2nc3ccccc3c(C(=O)OC(CC)C(=O)Nc3ccc(C)c(Cl)c3)c2C1. The molecular formula is C27H30ClN3O3. The van der Waals surface area contributed by atoms with Crippen LogP contribution in [0.1, 0.15) is 53.9 Å². The number of pyridine rings is 1. The molecule has 178 valence electrons. The van der Waals surface area contributed by atoms with E-state index in [1.54, 1.807) is 12.1 Å². The molecule has 0 spiro atoms. The van der Waals surface area contributed by atoms with Crippen LogP contribution in [0.25, 0.3) is 10.9 Å². The summed E-state index contributed by atoms with van der Waals surface area (Å²) in [5.74, 6) is -0.868. The summed E-state index contributed by atoms with van der Waals surface area (Å²) in [6.07, 6.45) is 1.25. The average Bonchev–Trinajstić information content (AvgIpc) is 2.83. The maximum absolute atomic E-state index is 13.6. The number of carbonyl (C=O) groups excluding carboxylic acids is 2. The Morgan fingerprint density at radius 3 is 2.74 bits per heavy atom. The van der Waals surface area contributed by atoms with Crippen molar-refractivity contribution in [3.05, 3.63) is 69.9 Å². The summed E-state index contributed by atoms with van der Waals surface area (Å²) >= 11 is 6.19. The zero-order valence-corrected chi connectivity index (χ0v) is 20.6. The maximum Gasteiger partial charge on any atom is 0.340 e. The Bertz CT molecular complexity index is 1230. The molecule has 1 amide bonds. The van der Waals surface area contributed by atoms with Crippen LogP contribution in [-0.4, -0.2) is 41.0 Å². The number of fused-ring (bicyclic) bond motifs is 2. The normalized spacial score (nSPS) is 14.5. The first kappa shape index (κ1) is 24.2. The number of hydrogen-bond donors (Lipinski definition) is 1. The quantitative estimate of drug-likeness (QED) is 0.450. The number of carbonyl (C=O) groups is 2. The number of esters is 1. The van der Waals surface area contributed by atoms with Crippen molar-refractivity contribution in [3.8, 4) is 0 Å². The van der Waals surface area contributed by atoms with Crippen molar-refractivity contribution in [1.29, 1.82) is 0 Å². The van der Waals surface area contributed by atoms with Crippen molar-refractivity contribution in [2.45, 2.75) is 52.7 Å². The number of ether oxygens (including phenoxy) is 1. The van der Waals surface area contributed by atoms with Crippen LogP contribution in [0, 0.1) is 6.92 Å². The molecule has 0 bridgehead atoms. The monoisotopic (exact) mass is 479 g/mol. The number of nitrogens with one attached hydrogen (secondary N) is 1. The van der Waals surface area contributed by atoms with Gasteiger partial charge in [0.05, 0.1) is 11.1 Å². The highest BCUT2D eigenvalue weighted by molar-refractivity contribution is 6.31. The highest BCUT2D eigenvalue weighted by atomic mass is 35.5. The summed E-state index contributed by atoms with van der Waals surface area (Å²) in [6, 6.07) is 12.9. The van der Waals surface area contributed by atoms with Gasteiger partial charge in [-0.05, 0) is 50.1 Å². The van der Waals surface area contributed by atoms with E-state index < -0.39 is 12.1 Å². The summed E-state index contributed by atoms with van der Waals surface area (Å²) in [5, 5.41) is 4.14. The number of anilines is 1. The predicted molar refractivity (Wildman–Crippen MR) is 135 cm³/mol. The Kier molecular flexibility index (Phi) is 7.49. The fourth-order valence-electron chi connectivity index (χ4n) is 4.39. The second-order valence-electron chi connectivity index (χ2n) is 8.71. The van der Waals surface area contributed by atoms with Gasteiger partial charge in [-0.25, -0.2) is 4.79 Å². The number of rotatable bonds is 7. The molecule has 3 aromatic rings. The zero-order valence-electron chi connectivity index (χ0n) is 19.9. The minimum Gasteiger partial charge on any atom is -0.449 e. The number of amides is 1. The molecule has 2 aromatic carbocycles. The molecule has 0 saturated carbocycles. The molecule has 1 unspecified atom stereocenters. The number of benzene rings is 2. The molecule has 2 heterocycles. The van der Waals surface area contributed by atoms with Crippen LogP contribution in [0.3, 0.4) is 0 Å². The Morgan fingerprint density at radius 2 is 2.00 bits per heavy atom. The van der Waals surface area contributed by atoms with Crippen LogP contribution >= 0.6 is 11.6 Å². The zero-order chi connectivity index (χ0) is 24.2. The van der Waals surface area contributed by atoms with E-state index in [2.05, 4.69) is 17.1 Å². The Balaban J connectivity index is 1.63. The molecule has 4 rings (SSSR count). The van der Waals surface area contributed by atoms with Gasteiger partial charge in [0.2, 0.25) is 0 Å². The first-order valence-electron chi connectivity index (χ1n) is 11.8. The van der Waals surface area contributed by atoms with Crippen LogP contribution in [0.4, 0.5) is 5.69 Å². The Labute approximate surface area is 205 Å². The summed E-state index contributed by atoms with van der Waals surface area (Å²) in [7, 11) is 0. The highest BCUT2D eigenvalue weighted by Crippen LogP contribution is 2.29. The lowest BCUT2D eigenvalue weighted by Crippen LogP contribution is -2.35. The molecule has 1 aromatic heterocycles. The van der Waals surface area contributed by atoms with E-state index in [1.807, 2.05) is 44.2 Å². The van der Waals surface area contributed by atoms with E-state index in [0.717, 1.165) is 53.7 Å². The second-order valence-corrected chi connectivity index (χ2v) is 9.12. The number of aromatic nitrogens is 1. The lowest BCUT2D eigenvalue weighted by atomic mass is 9.95. The van der Waals surface area contributed by atoms with Gasteiger partial charge in [-0.15, -0.1) is 0 Å². The van der Waals surface area contributed by atoms with Crippen molar-refractivity contribution in [2.24, 2.45) is 0 Å². The van der Waals surface area contributed by atoms with Gasteiger partial charge in [0.15, 0.2) is 6.10 Å². The third-order valence-electron chi connectivity index (χ3n) is 6.22. The molecule has 0 radical (unpaired) electrons. The predicted octanol–water partition coefficient (Wildman–Crippen LogP) is 5.54. The molecule has 0 fully saturated rings. The van der Waals surface area contributed by atoms with Gasteiger partial charge in [-0.1, -0.05) is 49.7 Å². The van der Waals surface area contributed by atoms with E-state index >= 15 is 0 Å². The standard InChI is InChI=1S/C27H30ClN3O3/c1-4-13-31-14-12-23-20(16-31)25(19-8-6-7-9-22(19)30-23)27(33)34-24(5-2)26(32)29-18-11-10-17(3)21(28)15-18/h6-11,15,24H,4-5,12-14,16H2,1-3H3,(H,29,32). The third kappa shape index (κ3) is 5.08. The van der Waals surface area contributed by atoms with Crippen molar-refractivity contribution < 1.29 is 14.3 Å². The van der Waals surface area contributed by atoms with Crippen molar-refractivity contribution in [2.75, 3.05) is 18.4 Å². The van der Waals surface area contributed by atoms with Gasteiger partial charge in [-0.2, -0.15) is 0 Å². The first-order valence-corrected chi connectivity index (χ1v) is 12.2. The topological polar surface area (TPSA) is 71.5 Å². The van der Waals surface area contributed by atoms with Crippen LogP contribution in [0.15, 0.2) is 42.5 Å². The molecular weight excluding hydrogens is 450 g/mol. The van der Waals surface area contributed by atoms with Crippen LogP contribution in [0.2, 0.25) is 5.02 Å². The van der Waals surface area contributed by atoms with Crippen molar-refractivity contribution >= 4 is 40.1 Å². The van der Waals surface area contributed by atoms with E-state index in [9.17, 15) is 9.59 Å². The van der Waals surface area contributed by atoms with Gasteiger partial charge < -0.3 is 10.1 Å². The van der Waals surface area contributed by atoms with E-state index in [0.29, 0.717) is 29.2 Å². The minimum atomic E-state index is -0.925. The largest absolute Gasteiger partial charge is 0.449 e. The first-order chi connectivity index (χ1) is 16.4. The van der Waals surface area contributed by atoms with Crippen molar-refractivity contribution in [3.63, 3.8) is 0 Å². The van der Waals surface area contributed by atoms with E-state index in [-0.39, 0.29) is 5.91 Å². The Morgan fingerprint density at radius 1 is 1.21 bits per heavy atom. The number of nitrogens with zero attached hydrogens (tertiary/aromatic N) is 2. The average molecular weight is 480 g/mol. The minimum absolute atomic E-state index is 0.352. The molecule has 1 atom stereocenters. The molecule has 0 aliphatic carbocycles. The molecule has 1 aliphatic rings. The third-order valence-corrected chi connectivity index (χ3v) is 6.63. The number of aryl methyl sites for hydroxylation is 1. The summed E-state index contributed by atoms with van der Waals surface area (Å²) in [5.41, 5.74) is 4.62. The van der Waals surface area contributed by atoms with E-state index in [1.165, 1.54) is 0 Å². The maximum atomic E-state index is 13.6. The molecule has 7 heteroatoms. The molecule has 6 nitrogen and oxygen atoms in total. The smallest absolute Gasteiger partial charge is 0.340 e. The van der Waals surface area contributed by atoms with Gasteiger partial charge >= 0.3 is 5.97 Å². The second kappa shape index (κ2) is 10.5. The summed E-state index contributed by atoms with van der Waals surface area (Å²) < 4.78 is 5.81. The highest BCUT2D eigenvalue weighted by Gasteiger charge is 2.29. The molecule has 1 aliphatic heterocycles. The van der Waals surface area contributed by atoms with Crippen molar-refractivity contribution in [1.82, 2.24) is 9.88 Å². The number of halogens is 1. The van der Waals surface area contributed by atoms with Gasteiger partial charge in [0.1, 0.15) is 0 Å². The molecule has 34 heavy (non-hydrogen) atoms. The van der Waals surface area contributed by atoms with Crippen LogP contribution < -0.4 is 5.32 Å². The Hall–Kier alpha value is -2.96. The lowest BCUT2D eigenvalue weighted by molar-refractivity contribution is -0.124. The summed E-state index contributed by atoms with van der Waals surface area (Å²) in [4.78, 5) is 33.7. The fourth-order valence-corrected chi connectivity index (χ4v) is 4.57. The van der Waals surface area contributed by atoms with Crippen LogP contribution in [-0.2, 0) is 22.5 Å². The number of para-hydroxylation sites is 1. The van der Waals surface area contributed by atoms with Crippen LogP contribution in [0.5, 0.6) is 0 Å². The van der Waals surface area contributed by atoms with Gasteiger partial charge in [0, 0.05) is 46.9 Å². The number of hydrogen-bond acceptors (Lipinski definition) is 5. The van der Waals surface area contributed by atoms with E-state index in [4.69, 9.17) is 21.3 Å².